The Kier molecular flexibility index (Phi) is 0.993. The standard InChI is InChI=1S/C7H12N2O/c1-9-5-7(2-3-7)4-8-6(9)10/h2-5H2,1H3,(H,8,10). The van der Waals surface area contributed by atoms with Gasteiger partial charge in [-0.15, -0.1) is 0 Å². The van der Waals surface area contributed by atoms with E-state index >= 15 is 0 Å². The van der Waals surface area contributed by atoms with Crippen molar-refractivity contribution in [3.8, 4) is 0 Å². The van der Waals surface area contributed by atoms with Crippen molar-refractivity contribution in [3.63, 3.8) is 0 Å². The van der Waals surface area contributed by atoms with Gasteiger partial charge in [-0.1, -0.05) is 0 Å². The Morgan fingerprint density at radius 1 is 1.60 bits per heavy atom. The topological polar surface area (TPSA) is 32.3 Å². The molecule has 1 spiro atoms. The van der Waals surface area contributed by atoms with Crippen molar-refractivity contribution in [3.05, 3.63) is 0 Å². The summed E-state index contributed by atoms with van der Waals surface area (Å²) in [5.74, 6) is 0. The molecule has 2 amide bonds. The molecule has 0 aromatic heterocycles. The molecule has 1 N–H and O–H groups in total. The molecule has 3 nitrogen and oxygen atoms in total. The van der Waals surface area contributed by atoms with Gasteiger partial charge in [-0.3, -0.25) is 0 Å². The van der Waals surface area contributed by atoms with E-state index in [1.54, 1.807) is 4.90 Å². The zero-order chi connectivity index (χ0) is 7.19. The maximum Gasteiger partial charge on any atom is 0.317 e. The fourth-order valence-electron chi connectivity index (χ4n) is 1.54. The number of hydrogen-bond donors (Lipinski definition) is 1. The van der Waals surface area contributed by atoms with Gasteiger partial charge >= 0.3 is 6.03 Å². The molecule has 2 fully saturated rings. The van der Waals surface area contributed by atoms with E-state index in [1.165, 1.54) is 12.8 Å². The normalized spacial score (nSPS) is 28.5. The highest BCUT2D eigenvalue weighted by atomic mass is 16.2. The van der Waals surface area contributed by atoms with Crippen molar-refractivity contribution in [2.75, 3.05) is 20.1 Å². The Morgan fingerprint density at radius 3 is 2.80 bits per heavy atom. The molecule has 1 heterocycles. The molecule has 0 radical (unpaired) electrons. The highest BCUT2D eigenvalue weighted by molar-refractivity contribution is 5.75. The first-order valence-electron chi connectivity index (χ1n) is 3.71. The van der Waals surface area contributed by atoms with Crippen molar-refractivity contribution in [1.82, 2.24) is 10.2 Å². The number of nitrogens with one attached hydrogen (secondary N) is 1. The summed E-state index contributed by atoms with van der Waals surface area (Å²) >= 11 is 0. The van der Waals surface area contributed by atoms with Gasteiger partial charge < -0.3 is 10.2 Å². The molecular weight excluding hydrogens is 128 g/mol. The minimum Gasteiger partial charge on any atom is -0.337 e. The summed E-state index contributed by atoms with van der Waals surface area (Å²) in [5.41, 5.74) is 0.475. The van der Waals surface area contributed by atoms with Crippen molar-refractivity contribution in [1.29, 1.82) is 0 Å². The Labute approximate surface area is 60.4 Å². The van der Waals surface area contributed by atoms with Crippen LogP contribution in [0.4, 0.5) is 4.79 Å². The van der Waals surface area contributed by atoms with Gasteiger partial charge in [0.15, 0.2) is 0 Å². The summed E-state index contributed by atoms with van der Waals surface area (Å²) in [6, 6.07) is 0.0810. The largest absolute Gasteiger partial charge is 0.337 e. The molecule has 0 bridgehead atoms. The number of nitrogens with zero attached hydrogens (tertiary/aromatic N) is 1. The summed E-state index contributed by atoms with van der Waals surface area (Å²) in [5, 5.41) is 2.87. The highest BCUT2D eigenvalue weighted by Crippen LogP contribution is 2.46. The van der Waals surface area contributed by atoms with Crippen molar-refractivity contribution < 1.29 is 4.79 Å². The Balaban J connectivity index is 2.04. The van der Waals surface area contributed by atoms with Gasteiger partial charge in [-0.05, 0) is 12.8 Å². The van der Waals surface area contributed by atoms with Crippen LogP contribution in [-0.4, -0.2) is 31.1 Å². The van der Waals surface area contributed by atoms with E-state index in [9.17, 15) is 4.79 Å². The van der Waals surface area contributed by atoms with Crippen LogP contribution in [0.1, 0.15) is 12.8 Å². The van der Waals surface area contributed by atoms with Crippen LogP contribution < -0.4 is 5.32 Å². The number of amides is 2. The highest BCUT2D eigenvalue weighted by Gasteiger charge is 2.46. The fourth-order valence-corrected chi connectivity index (χ4v) is 1.54. The number of urea groups is 1. The van der Waals surface area contributed by atoms with Crippen LogP contribution >= 0.6 is 0 Å². The average Bonchev–Trinajstić information content (AvgIpc) is 2.62. The van der Waals surface area contributed by atoms with Gasteiger partial charge in [-0.25, -0.2) is 4.79 Å². The van der Waals surface area contributed by atoms with Crippen molar-refractivity contribution in [2.24, 2.45) is 5.41 Å². The first kappa shape index (κ1) is 6.01. The predicted molar refractivity (Wildman–Crippen MR) is 37.7 cm³/mol. The fraction of sp³-hybridized carbons (Fsp3) is 0.857. The van der Waals surface area contributed by atoms with Crippen LogP contribution in [0.25, 0.3) is 0 Å². The van der Waals surface area contributed by atoms with E-state index in [-0.39, 0.29) is 6.03 Å². The lowest BCUT2D eigenvalue weighted by molar-refractivity contribution is 0.176. The van der Waals surface area contributed by atoms with E-state index < -0.39 is 0 Å². The number of hydrogen-bond acceptors (Lipinski definition) is 1. The second-order valence-electron chi connectivity index (χ2n) is 3.51. The van der Waals surface area contributed by atoms with E-state index in [1.807, 2.05) is 7.05 Å². The molecule has 0 unspecified atom stereocenters. The molecule has 0 aromatic carbocycles. The number of rotatable bonds is 0. The summed E-state index contributed by atoms with van der Waals surface area (Å²) in [7, 11) is 1.86. The molecule has 0 aromatic rings. The lowest BCUT2D eigenvalue weighted by Gasteiger charge is -2.30. The molecule has 1 aliphatic heterocycles. The van der Waals surface area contributed by atoms with Gasteiger partial charge in [-0.2, -0.15) is 0 Å². The van der Waals surface area contributed by atoms with Crippen LogP contribution in [0.5, 0.6) is 0 Å². The molecule has 1 aliphatic carbocycles. The maximum atomic E-state index is 10.9. The van der Waals surface area contributed by atoms with Gasteiger partial charge in [0.05, 0.1) is 0 Å². The number of carbonyl (C=O) groups is 1. The molecule has 2 aliphatic rings. The van der Waals surface area contributed by atoms with Crippen molar-refractivity contribution >= 4 is 6.03 Å². The van der Waals surface area contributed by atoms with E-state index in [4.69, 9.17) is 0 Å². The first-order chi connectivity index (χ1) is 4.72. The molecular formula is C7H12N2O. The zero-order valence-electron chi connectivity index (χ0n) is 6.18. The van der Waals surface area contributed by atoms with Crippen LogP contribution in [0.3, 0.4) is 0 Å². The minimum atomic E-state index is 0.0810. The molecule has 1 saturated heterocycles. The number of carbonyl (C=O) groups excluding carboxylic acids is 1. The quantitative estimate of drug-likeness (QED) is 0.519. The second-order valence-corrected chi connectivity index (χ2v) is 3.51. The molecule has 1 saturated carbocycles. The first-order valence-corrected chi connectivity index (χ1v) is 3.71. The molecule has 56 valence electrons. The minimum absolute atomic E-state index is 0.0810. The van der Waals surface area contributed by atoms with E-state index in [0.717, 1.165) is 13.1 Å². The van der Waals surface area contributed by atoms with Crippen molar-refractivity contribution in [2.45, 2.75) is 12.8 Å². The van der Waals surface area contributed by atoms with Crippen LogP contribution in [0, 0.1) is 5.41 Å². The molecule has 10 heavy (non-hydrogen) atoms. The lowest BCUT2D eigenvalue weighted by Crippen LogP contribution is -2.50. The van der Waals surface area contributed by atoms with Crippen LogP contribution in [0.2, 0.25) is 0 Å². The van der Waals surface area contributed by atoms with Crippen LogP contribution in [-0.2, 0) is 0 Å². The van der Waals surface area contributed by atoms with Crippen LogP contribution in [0.15, 0.2) is 0 Å². The third kappa shape index (κ3) is 0.770. The average molecular weight is 140 g/mol. The van der Waals surface area contributed by atoms with Gasteiger partial charge in [0.25, 0.3) is 0 Å². The molecule has 3 heteroatoms. The summed E-state index contributed by atoms with van der Waals surface area (Å²) in [4.78, 5) is 12.7. The lowest BCUT2D eigenvalue weighted by atomic mass is 10.1. The summed E-state index contributed by atoms with van der Waals surface area (Å²) in [6.07, 6.45) is 2.58. The molecule has 0 atom stereocenters. The Morgan fingerprint density at radius 2 is 2.30 bits per heavy atom. The van der Waals surface area contributed by atoms with Gasteiger partial charge in [0.2, 0.25) is 0 Å². The summed E-state index contributed by atoms with van der Waals surface area (Å²) < 4.78 is 0. The monoisotopic (exact) mass is 140 g/mol. The zero-order valence-corrected chi connectivity index (χ0v) is 6.18. The third-order valence-electron chi connectivity index (χ3n) is 2.49. The summed E-state index contributed by atoms with van der Waals surface area (Å²) in [6.45, 7) is 1.86. The molecule has 2 rings (SSSR count). The third-order valence-corrected chi connectivity index (χ3v) is 2.49. The predicted octanol–water partition coefficient (Wildman–Crippen LogP) is 0.422. The smallest absolute Gasteiger partial charge is 0.317 e. The van der Waals surface area contributed by atoms with Gasteiger partial charge in [0.1, 0.15) is 0 Å². The second kappa shape index (κ2) is 1.65. The van der Waals surface area contributed by atoms with E-state index in [2.05, 4.69) is 5.32 Å². The van der Waals surface area contributed by atoms with Gasteiger partial charge in [0, 0.05) is 25.6 Å². The Hall–Kier alpha value is -0.730. The maximum absolute atomic E-state index is 10.9. The SMILES string of the molecule is CN1CC2(CC2)CNC1=O. The van der Waals surface area contributed by atoms with E-state index in [0.29, 0.717) is 5.41 Å². The Bertz CT molecular complexity index is 174.